The van der Waals surface area contributed by atoms with Crippen LogP contribution in [0.2, 0.25) is 0 Å². The molecular formula is C15H15F5INO3. The minimum Gasteiger partial charge on any atom is -0.466 e. The zero-order valence-corrected chi connectivity index (χ0v) is 15.0. The molecule has 0 aromatic heterocycles. The van der Waals surface area contributed by atoms with Crippen LogP contribution in [0.3, 0.4) is 0 Å². The van der Waals surface area contributed by atoms with Gasteiger partial charge in [-0.15, -0.1) is 0 Å². The van der Waals surface area contributed by atoms with Crippen molar-refractivity contribution >= 4 is 40.2 Å². The first-order valence-corrected chi connectivity index (χ1v) is 8.25. The molecule has 0 atom stereocenters. The molecule has 0 aliphatic heterocycles. The van der Waals surface area contributed by atoms with Gasteiger partial charge in [0.1, 0.15) is 0 Å². The predicted octanol–water partition coefficient (Wildman–Crippen LogP) is 4.53. The van der Waals surface area contributed by atoms with Gasteiger partial charge in [0.25, 0.3) is 0 Å². The summed E-state index contributed by atoms with van der Waals surface area (Å²) in [6.07, 6.45) is -8.20. The molecule has 1 amide bonds. The summed E-state index contributed by atoms with van der Waals surface area (Å²) in [5.74, 6) is -6.10. The molecule has 140 valence electrons. The lowest BCUT2D eigenvalue weighted by Gasteiger charge is -2.19. The first-order chi connectivity index (χ1) is 11.5. The van der Waals surface area contributed by atoms with Crippen LogP contribution in [-0.4, -0.2) is 30.6 Å². The Hall–Kier alpha value is -1.46. The number of carbonyl (C=O) groups is 2. The molecule has 1 N–H and O–H groups in total. The van der Waals surface area contributed by atoms with E-state index in [-0.39, 0.29) is 12.8 Å². The Kier molecular flexibility index (Phi) is 8.03. The molecule has 0 heterocycles. The quantitative estimate of drug-likeness (QED) is 0.258. The fraction of sp³-hybridized carbons (Fsp3) is 0.467. The second kappa shape index (κ2) is 9.30. The minimum atomic E-state index is -5.62. The van der Waals surface area contributed by atoms with Gasteiger partial charge in [-0.25, -0.2) is 0 Å². The van der Waals surface area contributed by atoms with Crippen LogP contribution in [0.5, 0.6) is 0 Å². The first kappa shape index (κ1) is 21.6. The van der Waals surface area contributed by atoms with Gasteiger partial charge in [-0.1, -0.05) is 0 Å². The summed E-state index contributed by atoms with van der Waals surface area (Å²) >= 11 is 2.10. The number of hydrogen-bond donors (Lipinski definition) is 1. The summed E-state index contributed by atoms with van der Waals surface area (Å²) in [5, 5.41) is 2.55. The predicted molar refractivity (Wildman–Crippen MR) is 88.2 cm³/mol. The largest absolute Gasteiger partial charge is 0.466 e. The molecule has 0 aliphatic rings. The number of halogens is 6. The van der Waals surface area contributed by atoms with Crippen LogP contribution < -0.4 is 5.32 Å². The lowest BCUT2D eigenvalue weighted by atomic mass is 10.2. The van der Waals surface area contributed by atoms with Gasteiger partial charge in [0.15, 0.2) is 0 Å². The van der Waals surface area contributed by atoms with Gasteiger partial charge < -0.3 is 10.1 Å². The molecule has 25 heavy (non-hydrogen) atoms. The SMILES string of the molecule is O=C(CCC(=O)OCCCC(F)(F)C(F)(F)F)Nc1ccc(I)cc1. The molecule has 0 aliphatic carbocycles. The Morgan fingerprint density at radius 3 is 2.20 bits per heavy atom. The molecule has 0 saturated heterocycles. The van der Waals surface area contributed by atoms with Crippen molar-refractivity contribution in [3.63, 3.8) is 0 Å². The van der Waals surface area contributed by atoms with Gasteiger partial charge >= 0.3 is 18.1 Å². The summed E-state index contributed by atoms with van der Waals surface area (Å²) in [7, 11) is 0. The molecule has 0 radical (unpaired) electrons. The van der Waals surface area contributed by atoms with Crippen LogP contribution >= 0.6 is 22.6 Å². The summed E-state index contributed by atoms with van der Waals surface area (Å²) in [6.45, 7) is -0.566. The van der Waals surface area contributed by atoms with Gasteiger partial charge in [-0.3, -0.25) is 9.59 Å². The molecule has 0 unspecified atom stereocenters. The highest BCUT2D eigenvalue weighted by Crippen LogP contribution is 2.38. The van der Waals surface area contributed by atoms with Crippen LogP contribution in [0.1, 0.15) is 25.7 Å². The molecule has 0 bridgehead atoms. The van der Waals surface area contributed by atoms with Gasteiger partial charge in [-0.2, -0.15) is 22.0 Å². The summed E-state index contributed by atoms with van der Waals surface area (Å²) in [4.78, 5) is 23.0. The third-order valence-electron chi connectivity index (χ3n) is 3.00. The Morgan fingerprint density at radius 1 is 1.04 bits per heavy atom. The monoisotopic (exact) mass is 479 g/mol. The number of anilines is 1. The van der Waals surface area contributed by atoms with Crippen molar-refractivity contribution in [3.8, 4) is 0 Å². The highest BCUT2D eigenvalue weighted by Gasteiger charge is 2.56. The van der Waals surface area contributed by atoms with Crippen molar-refractivity contribution in [1.82, 2.24) is 0 Å². The maximum Gasteiger partial charge on any atom is 0.453 e. The lowest BCUT2D eigenvalue weighted by Crippen LogP contribution is -2.36. The van der Waals surface area contributed by atoms with E-state index in [2.05, 4.69) is 32.6 Å². The number of nitrogens with one attached hydrogen (secondary N) is 1. The van der Waals surface area contributed by atoms with Crippen molar-refractivity contribution in [2.45, 2.75) is 37.8 Å². The number of amides is 1. The highest BCUT2D eigenvalue weighted by atomic mass is 127. The number of ether oxygens (including phenoxy) is 1. The Balaban J connectivity index is 2.22. The minimum absolute atomic E-state index is 0.191. The fourth-order valence-corrected chi connectivity index (χ4v) is 2.03. The second-order valence-electron chi connectivity index (χ2n) is 5.08. The average molecular weight is 479 g/mol. The van der Waals surface area contributed by atoms with E-state index in [1.807, 2.05) is 0 Å². The van der Waals surface area contributed by atoms with Gasteiger partial charge in [-0.05, 0) is 53.3 Å². The van der Waals surface area contributed by atoms with Gasteiger partial charge in [0, 0.05) is 22.1 Å². The van der Waals surface area contributed by atoms with Crippen molar-refractivity contribution < 1.29 is 36.3 Å². The van der Waals surface area contributed by atoms with E-state index >= 15 is 0 Å². The normalized spacial score (nSPS) is 11.9. The van der Waals surface area contributed by atoms with E-state index in [0.29, 0.717) is 5.69 Å². The van der Waals surface area contributed by atoms with Crippen LogP contribution in [0.15, 0.2) is 24.3 Å². The molecule has 0 fully saturated rings. The zero-order chi connectivity index (χ0) is 19.1. The van der Waals surface area contributed by atoms with E-state index in [4.69, 9.17) is 0 Å². The van der Waals surface area contributed by atoms with E-state index < -0.39 is 43.4 Å². The summed E-state index contributed by atoms with van der Waals surface area (Å²) in [5.41, 5.74) is 0.549. The maximum absolute atomic E-state index is 12.6. The summed E-state index contributed by atoms with van der Waals surface area (Å²) in [6, 6.07) is 6.92. The third kappa shape index (κ3) is 7.97. The van der Waals surface area contributed by atoms with E-state index in [0.717, 1.165) is 3.57 Å². The van der Waals surface area contributed by atoms with E-state index in [1.165, 1.54) is 0 Å². The molecule has 1 aromatic rings. The Bertz CT molecular complexity index is 590. The number of alkyl halides is 5. The molecule has 10 heteroatoms. The topological polar surface area (TPSA) is 55.4 Å². The first-order valence-electron chi connectivity index (χ1n) is 7.17. The second-order valence-corrected chi connectivity index (χ2v) is 6.33. The van der Waals surface area contributed by atoms with E-state index in [9.17, 15) is 31.5 Å². The van der Waals surface area contributed by atoms with Crippen molar-refractivity contribution in [2.75, 3.05) is 11.9 Å². The van der Waals surface area contributed by atoms with Crippen molar-refractivity contribution in [2.24, 2.45) is 0 Å². The molecule has 4 nitrogen and oxygen atoms in total. The number of rotatable bonds is 8. The molecule has 0 saturated carbocycles. The van der Waals surface area contributed by atoms with Crippen molar-refractivity contribution in [1.29, 1.82) is 0 Å². The van der Waals surface area contributed by atoms with E-state index in [1.54, 1.807) is 24.3 Å². The summed E-state index contributed by atoms with van der Waals surface area (Å²) < 4.78 is 66.6. The zero-order valence-electron chi connectivity index (χ0n) is 12.8. The van der Waals surface area contributed by atoms with Crippen LogP contribution in [-0.2, 0) is 14.3 Å². The molecule has 1 aromatic carbocycles. The number of esters is 1. The Morgan fingerprint density at radius 2 is 1.64 bits per heavy atom. The van der Waals surface area contributed by atoms with Crippen LogP contribution in [0, 0.1) is 3.57 Å². The standard InChI is InChI=1S/C15H15F5INO3/c16-14(17,15(18,19)20)8-1-9-25-13(24)7-6-12(23)22-11-4-2-10(21)3-5-11/h2-5H,1,6-9H2,(H,22,23). The maximum atomic E-state index is 12.6. The smallest absolute Gasteiger partial charge is 0.453 e. The third-order valence-corrected chi connectivity index (χ3v) is 3.72. The number of benzene rings is 1. The lowest BCUT2D eigenvalue weighted by molar-refractivity contribution is -0.285. The van der Waals surface area contributed by atoms with Crippen molar-refractivity contribution in [3.05, 3.63) is 27.8 Å². The average Bonchev–Trinajstić information content (AvgIpc) is 2.51. The molecule has 0 spiro atoms. The van der Waals surface area contributed by atoms with Gasteiger partial charge in [0.05, 0.1) is 13.0 Å². The highest BCUT2D eigenvalue weighted by molar-refractivity contribution is 14.1. The number of hydrogen-bond acceptors (Lipinski definition) is 3. The molecule has 1 rings (SSSR count). The van der Waals surface area contributed by atoms with Crippen LogP contribution in [0.4, 0.5) is 27.6 Å². The van der Waals surface area contributed by atoms with Crippen LogP contribution in [0.25, 0.3) is 0 Å². The van der Waals surface area contributed by atoms with Gasteiger partial charge in [0.2, 0.25) is 5.91 Å². The Labute approximate surface area is 154 Å². The fourth-order valence-electron chi connectivity index (χ4n) is 1.67. The number of carbonyl (C=O) groups excluding carboxylic acids is 2. The molecular weight excluding hydrogens is 464 g/mol.